The quantitative estimate of drug-likeness (QED) is 0.827. The van der Waals surface area contributed by atoms with Gasteiger partial charge in [-0.05, 0) is 49.1 Å². The van der Waals surface area contributed by atoms with Gasteiger partial charge in [0.2, 0.25) is 0 Å². The fourth-order valence-corrected chi connectivity index (χ4v) is 2.92. The molecule has 2 aromatic rings. The van der Waals surface area contributed by atoms with E-state index >= 15 is 0 Å². The van der Waals surface area contributed by atoms with Crippen LogP contribution in [0.3, 0.4) is 0 Å². The Morgan fingerprint density at radius 1 is 1.25 bits per heavy atom. The van der Waals surface area contributed by atoms with E-state index in [4.69, 9.17) is 5.11 Å². The van der Waals surface area contributed by atoms with Crippen molar-refractivity contribution < 1.29 is 27.5 Å². The third-order valence-corrected chi connectivity index (χ3v) is 4.37. The summed E-state index contributed by atoms with van der Waals surface area (Å²) in [5, 5.41) is 8.77. The number of hydrogen-bond donors (Lipinski definition) is 1. The molecule has 24 heavy (non-hydrogen) atoms. The van der Waals surface area contributed by atoms with Crippen molar-refractivity contribution >= 4 is 5.97 Å². The predicted octanol–water partition coefficient (Wildman–Crippen LogP) is 4.23. The lowest BCUT2D eigenvalue weighted by atomic mass is 10.0. The van der Waals surface area contributed by atoms with Crippen molar-refractivity contribution in [2.24, 2.45) is 0 Å². The summed E-state index contributed by atoms with van der Waals surface area (Å²) < 4.78 is 55.3. The number of aromatic nitrogens is 1. The molecule has 0 atom stereocenters. The van der Waals surface area contributed by atoms with Gasteiger partial charge in [0.05, 0.1) is 0 Å². The van der Waals surface area contributed by atoms with Crippen molar-refractivity contribution in [3.63, 3.8) is 0 Å². The molecule has 128 valence electrons. The van der Waals surface area contributed by atoms with Crippen LogP contribution < -0.4 is 0 Å². The lowest BCUT2D eigenvalue weighted by Gasteiger charge is -2.21. The molecule has 3 nitrogen and oxygen atoms in total. The molecule has 0 bridgehead atoms. The molecule has 1 aromatic carbocycles. The number of nitrogens with zero attached hydrogens (tertiary/aromatic N) is 1. The van der Waals surface area contributed by atoms with Crippen LogP contribution >= 0.6 is 0 Å². The van der Waals surface area contributed by atoms with E-state index in [1.807, 2.05) is 0 Å². The molecule has 0 aliphatic heterocycles. The third kappa shape index (κ3) is 2.90. The van der Waals surface area contributed by atoms with Gasteiger partial charge in [0.15, 0.2) is 0 Å². The third-order valence-electron chi connectivity index (χ3n) is 4.37. The molecule has 0 unspecified atom stereocenters. The number of rotatable bonds is 5. The molecule has 3 rings (SSSR count). The summed E-state index contributed by atoms with van der Waals surface area (Å²) in [5.41, 5.74) is -1.10. The molecule has 1 fully saturated rings. The number of carboxylic acid groups (broad SMARTS) is 1. The zero-order valence-electron chi connectivity index (χ0n) is 12.6. The molecule has 0 amide bonds. The Morgan fingerprint density at radius 2 is 1.96 bits per heavy atom. The average molecular weight is 341 g/mol. The molecule has 1 saturated carbocycles. The number of aryl methyl sites for hydroxylation is 1. The van der Waals surface area contributed by atoms with Gasteiger partial charge >= 0.3 is 12.1 Å². The highest BCUT2D eigenvalue weighted by atomic mass is 19.4. The van der Waals surface area contributed by atoms with E-state index < -0.39 is 23.4 Å². The Hall–Kier alpha value is -2.31. The zero-order valence-corrected chi connectivity index (χ0v) is 12.6. The van der Waals surface area contributed by atoms with E-state index in [1.165, 1.54) is 35.0 Å². The maximum absolute atomic E-state index is 13.5. The summed E-state index contributed by atoms with van der Waals surface area (Å²) in [6, 6.07) is 6.73. The minimum Gasteiger partial charge on any atom is -0.481 e. The van der Waals surface area contributed by atoms with Crippen molar-refractivity contribution in [1.29, 1.82) is 0 Å². The van der Waals surface area contributed by atoms with Gasteiger partial charge in [-0.3, -0.25) is 4.79 Å². The maximum Gasteiger partial charge on any atom is 0.399 e. The molecule has 1 aliphatic rings. The van der Waals surface area contributed by atoms with Crippen molar-refractivity contribution in [3.05, 3.63) is 53.6 Å². The fraction of sp³-hybridized carbons (Fsp3) is 0.353. The second kappa shape index (κ2) is 5.65. The largest absolute Gasteiger partial charge is 0.481 e. The van der Waals surface area contributed by atoms with E-state index in [1.54, 1.807) is 0 Å². The number of halogens is 4. The van der Waals surface area contributed by atoms with E-state index in [9.17, 15) is 22.4 Å². The van der Waals surface area contributed by atoms with Crippen molar-refractivity contribution in [1.82, 2.24) is 4.57 Å². The van der Waals surface area contributed by atoms with Crippen LogP contribution in [0.5, 0.6) is 0 Å². The van der Waals surface area contributed by atoms with Gasteiger partial charge in [-0.1, -0.05) is 6.07 Å². The Balaban J connectivity index is 2.07. The van der Waals surface area contributed by atoms with Gasteiger partial charge in [-0.15, -0.1) is 0 Å². The van der Waals surface area contributed by atoms with Crippen molar-refractivity contribution in [3.8, 4) is 5.69 Å². The maximum atomic E-state index is 13.5. The summed E-state index contributed by atoms with van der Waals surface area (Å²) in [6.45, 7) is 0. The molecule has 1 aromatic heterocycles. The average Bonchev–Trinajstić information content (AvgIpc) is 3.20. The molecule has 0 saturated heterocycles. The number of carboxylic acids is 1. The highest BCUT2D eigenvalue weighted by molar-refractivity contribution is 5.67. The van der Waals surface area contributed by atoms with Gasteiger partial charge in [-0.25, -0.2) is 4.39 Å². The second-order valence-electron chi connectivity index (χ2n) is 6.06. The van der Waals surface area contributed by atoms with E-state index in [0.29, 0.717) is 11.3 Å². The highest BCUT2D eigenvalue weighted by Gasteiger charge is 2.65. The molecule has 7 heteroatoms. The van der Waals surface area contributed by atoms with Gasteiger partial charge in [0.1, 0.15) is 11.2 Å². The summed E-state index contributed by atoms with van der Waals surface area (Å²) >= 11 is 0. The Labute approximate surface area is 135 Å². The van der Waals surface area contributed by atoms with Gasteiger partial charge < -0.3 is 9.67 Å². The normalized spacial score (nSPS) is 16.2. The van der Waals surface area contributed by atoms with Crippen LogP contribution in [0, 0.1) is 5.82 Å². The number of hydrogen-bond acceptors (Lipinski definition) is 1. The SMILES string of the molecule is O=C(O)CCc1cc(C2(C(F)(F)F)CC2)n(-c2cccc(F)c2)c1. The van der Waals surface area contributed by atoms with Crippen molar-refractivity contribution in [2.75, 3.05) is 0 Å². The van der Waals surface area contributed by atoms with E-state index in [2.05, 4.69) is 0 Å². The molecular formula is C17H15F4NO2. The monoisotopic (exact) mass is 341 g/mol. The summed E-state index contributed by atoms with van der Waals surface area (Å²) in [5.74, 6) is -1.57. The van der Waals surface area contributed by atoms with Crippen LogP contribution in [0.1, 0.15) is 30.5 Å². The number of aliphatic carboxylic acids is 1. The molecule has 0 radical (unpaired) electrons. The predicted molar refractivity (Wildman–Crippen MR) is 78.7 cm³/mol. The minimum atomic E-state index is -4.40. The first-order valence-corrected chi connectivity index (χ1v) is 7.49. The van der Waals surface area contributed by atoms with Gasteiger partial charge in [-0.2, -0.15) is 13.2 Å². The van der Waals surface area contributed by atoms with Gasteiger partial charge in [0, 0.05) is 24.0 Å². The van der Waals surface area contributed by atoms with Gasteiger partial charge in [0.25, 0.3) is 0 Å². The van der Waals surface area contributed by atoms with Crippen LogP contribution in [0.2, 0.25) is 0 Å². The zero-order chi connectivity index (χ0) is 17.5. The lowest BCUT2D eigenvalue weighted by Crippen LogP contribution is -2.30. The lowest BCUT2D eigenvalue weighted by molar-refractivity contribution is -0.161. The van der Waals surface area contributed by atoms with E-state index in [0.717, 1.165) is 6.07 Å². The Bertz CT molecular complexity index is 775. The molecule has 1 aliphatic carbocycles. The van der Waals surface area contributed by atoms with Crippen molar-refractivity contribution in [2.45, 2.75) is 37.3 Å². The molecule has 0 spiro atoms. The summed E-state index contributed by atoms with van der Waals surface area (Å²) in [6.07, 6.45) is -3.02. The van der Waals surface area contributed by atoms with Crippen LogP contribution in [0.25, 0.3) is 5.69 Å². The summed E-state index contributed by atoms with van der Waals surface area (Å²) in [4.78, 5) is 10.7. The molecule has 1 N–H and O–H groups in total. The Kier molecular flexibility index (Phi) is 3.89. The number of benzene rings is 1. The summed E-state index contributed by atoms with van der Waals surface area (Å²) in [7, 11) is 0. The number of alkyl halides is 3. The van der Waals surface area contributed by atoms with Crippen LogP contribution in [0.4, 0.5) is 17.6 Å². The number of carbonyl (C=O) groups is 1. The second-order valence-corrected chi connectivity index (χ2v) is 6.06. The first-order chi connectivity index (χ1) is 11.2. The standard InChI is InChI=1S/C17H15F4NO2/c18-12-2-1-3-13(9-12)22-10-11(4-5-15(23)24)8-14(22)16(6-7-16)17(19,20)21/h1-3,8-10H,4-7H2,(H,23,24). The van der Waals surface area contributed by atoms with Crippen LogP contribution in [-0.4, -0.2) is 21.8 Å². The topological polar surface area (TPSA) is 42.2 Å². The minimum absolute atomic E-state index is 0.0196. The first kappa shape index (κ1) is 16.5. The Morgan fingerprint density at radius 3 is 2.50 bits per heavy atom. The molecular weight excluding hydrogens is 326 g/mol. The van der Waals surface area contributed by atoms with E-state index in [-0.39, 0.29) is 31.4 Å². The fourth-order valence-electron chi connectivity index (χ4n) is 2.92. The first-order valence-electron chi connectivity index (χ1n) is 7.49. The van der Waals surface area contributed by atoms with Crippen LogP contribution in [-0.2, 0) is 16.6 Å². The molecule has 1 heterocycles. The highest BCUT2D eigenvalue weighted by Crippen LogP contribution is 2.59. The smallest absolute Gasteiger partial charge is 0.399 e. The van der Waals surface area contributed by atoms with Crippen LogP contribution in [0.15, 0.2) is 36.5 Å².